The molecule has 0 spiro atoms. The average molecular weight is 374 g/mol. The lowest BCUT2D eigenvalue weighted by molar-refractivity contribution is -0.129. The van der Waals surface area contributed by atoms with E-state index in [4.69, 9.17) is 0 Å². The van der Waals surface area contributed by atoms with Gasteiger partial charge in [0.15, 0.2) is 11.5 Å². The Hall–Kier alpha value is -1.93. The molecule has 1 saturated heterocycles. The molecule has 0 aromatic carbocycles. The first-order chi connectivity index (χ1) is 12.3. The van der Waals surface area contributed by atoms with Crippen LogP contribution in [0.5, 0.6) is 0 Å². The number of likely N-dealkylation sites (tertiary alicyclic amines) is 1. The van der Waals surface area contributed by atoms with E-state index in [1.165, 1.54) is 11.8 Å². The van der Waals surface area contributed by atoms with Gasteiger partial charge in [-0.15, -0.1) is 21.5 Å². The number of thioether (sulfide) groups is 1. The van der Waals surface area contributed by atoms with Crippen molar-refractivity contribution in [3.8, 4) is 10.7 Å². The summed E-state index contributed by atoms with van der Waals surface area (Å²) in [7, 11) is 0. The van der Waals surface area contributed by atoms with Crippen LogP contribution in [-0.2, 0) is 4.79 Å². The zero-order valence-corrected chi connectivity index (χ0v) is 15.6. The molecule has 0 radical (unpaired) electrons. The molecule has 1 atom stereocenters. The van der Waals surface area contributed by atoms with Gasteiger partial charge in [0.25, 0.3) is 0 Å². The van der Waals surface area contributed by atoms with E-state index in [0.29, 0.717) is 5.65 Å². The van der Waals surface area contributed by atoms with Crippen LogP contribution in [0.1, 0.15) is 26.2 Å². The van der Waals surface area contributed by atoms with Gasteiger partial charge in [0, 0.05) is 13.1 Å². The molecule has 0 saturated carbocycles. The summed E-state index contributed by atoms with van der Waals surface area (Å²) in [5, 5.41) is 15.9. The molecule has 8 heteroatoms. The Morgan fingerprint density at radius 2 is 2.12 bits per heavy atom. The van der Waals surface area contributed by atoms with Crippen molar-refractivity contribution in [1.82, 2.24) is 24.7 Å². The molecule has 3 aromatic rings. The zero-order valence-electron chi connectivity index (χ0n) is 14.0. The topological polar surface area (TPSA) is 63.4 Å². The van der Waals surface area contributed by atoms with E-state index < -0.39 is 0 Å². The van der Waals surface area contributed by atoms with Gasteiger partial charge in [0.2, 0.25) is 5.91 Å². The first-order valence-corrected chi connectivity index (χ1v) is 10.2. The first-order valence-electron chi connectivity index (χ1n) is 8.48. The molecule has 1 unspecified atom stereocenters. The number of hydrogen-bond acceptors (Lipinski definition) is 6. The Kier molecular flexibility index (Phi) is 4.72. The Labute approximate surface area is 154 Å². The third-order valence-corrected chi connectivity index (χ3v) is 6.45. The number of fused-ring (bicyclic) bond motifs is 1. The van der Waals surface area contributed by atoms with Gasteiger partial charge in [-0.1, -0.05) is 24.8 Å². The first kappa shape index (κ1) is 16.5. The molecule has 3 aromatic heterocycles. The van der Waals surface area contributed by atoms with Crippen LogP contribution < -0.4 is 0 Å². The standard InChI is InChI=1S/C17H19N5OS2/c1-2-12(17(23)21-9-3-4-10-21)25-15-8-7-14-18-19-16(22(14)20-15)13-6-5-11-24-13/h5-8,11-12H,2-4,9-10H2,1H3. The molecular formula is C17H19N5OS2. The van der Waals surface area contributed by atoms with E-state index in [2.05, 4.69) is 22.2 Å². The van der Waals surface area contributed by atoms with Crippen LogP contribution in [0.15, 0.2) is 34.7 Å². The summed E-state index contributed by atoms with van der Waals surface area (Å²) in [6.45, 7) is 3.83. The van der Waals surface area contributed by atoms with Gasteiger partial charge in [-0.25, -0.2) is 0 Å². The van der Waals surface area contributed by atoms with Crippen LogP contribution in [0.25, 0.3) is 16.3 Å². The van der Waals surface area contributed by atoms with Crippen LogP contribution in [-0.4, -0.2) is 49.0 Å². The predicted octanol–water partition coefficient (Wildman–Crippen LogP) is 3.35. The van der Waals surface area contributed by atoms with Gasteiger partial charge in [0.1, 0.15) is 5.03 Å². The highest BCUT2D eigenvalue weighted by Crippen LogP contribution is 2.28. The Morgan fingerprint density at radius 3 is 2.84 bits per heavy atom. The van der Waals surface area contributed by atoms with Gasteiger partial charge in [-0.2, -0.15) is 9.61 Å². The number of hydrogen-bond donors (Lipinski definition) is 0. The largest absolute Gasteiger partial charge is 0.342 e. The number of thiophene rings is 1. The lowest BCUT2D eigenvalue weighted by Crippen LogP contribution is -2.35. The zero-order chi connectivity index (χ0) is 17.2. The number of aromatic nitrogens is 4. The summed E-state index contributed by atoms with van der Waals surface area (Å²) in [6, 6.07) is 7.83. The van der Waals surface area contributed by atoms with Crippen molar-refractivity contribution in [3.63, 3.8) is 0 Å². The van der Waals surface area contributed by atoms with Gasteiger partial charge < -0.3 is 4.90 Å². The Bertz CT molecular complexity index is 870. The van der Waals surface area contributed by atoms with Crippen molar-refractivity contribution in [3.05, 3.63) is 29.6 Å². The fraction of sp³-hybridized carbons (Fsp3) is 0.412. The van der Waals surface area contributed by atoms with Gasteiger partial charge >= 0.3 is 0 Å². The number of carbonyl (C=O) groups is 1. The van der Waals surface area contributed by atoms with E-state index in [9.17, 15) is 4.79 Å². The van der Waals surface area contributed by atoms with Crippen molar-refractivity contribution in [2.45, 2.75) is 36.5 Å². The summed E-state index contributed by atoms with van der Waals surface area (Å²) in [4.78, 5) is 15.7. The summed E-state index contributed by atoms with van der Waals surface area (Å²) >= 11 is 3.14. The lowest BCUT2D eigenvalue weighted by atomic mass is 10.3. The minimum absolute atomic E-state index is 0.0929. The maximum Gasteiger partial charge on any atom is 0.236 e. The van der Waals surface area contributed by atoms with Crippen molar-refractivity contribution < 1.29 is 4.79 Å². The van der Waals surface area contributed by atoms with Gasteiger partial charge in [-0.05, 0) is 42.8 Å². The van der Waals surface area contributed by atoms with E-state index in [-0.39, 0.29) is 11.2 Å². The van der Waals surface area contributed by atoms with Crippen LogP contribution in [0.4, 0.5) is 0 Å². The maximum absolute atomic E-state index is 12.7. The minimum Gasteiger partial charge on any atom is -0.342 e. The number of carbonyl (C=O) groups excluding carboxylic acids is 1. The third-order valence-electron chi connectivity index (χ3n) is 4.31. The molecular weight excluding hydrogens is 354 g/mol. The summed E-state index contributed by atoms with van der Waals surface area (Å²) in [5.74, 6) is 0.973. The second kappa shape index (κ2) is 7.13. The predicted molar refractivity (Wildman–Crippen MR) is 99.8 cm³/mol. The fourth-order valence-corrected chi connectivity index (χ4v) is 4.67. The molecule has 130 valence electrons. The van der Waals surface area contributed by atoms with Gasteiger partial charge in [-0.3, -0.25) is 4.79 Å². The normalized spacial score (nSPS) is 15.8. The number of nitrogens with zero attached hydrogens (tertiary/aromatic N) is 5. The third kappa shape index (κ3) is 3.28. The Morgan fingerprint density at radius 1 is 1.28 bits per heavy atom. The van der Waals surface area contributed by atoms with Crippen molar-refractivity contribution in [2.24, 2.45) is 0 Å². The van der Waals surface area contributed by atoms with Crippen molar-refractivity contribution in [2.75, 3.05) is 13.1 Å². The van der Waals surface area contributed by atoms with E-state index in [0.717, 1.165) is 48.1 Å². The monoisotopic (exact) mass is 373 g/mol. The molecule has 1 aliphatic rings. The number of amides is 1. The van der Waals surface area contributed by atoms with E-state index in [1.807, 2.05) is 34.5 Å². The van der Waals surface area contributed by atoms with Crippen LogP contribution >= 0.6 is 23.1 Å². The molecule has 1 fully saturated rings. The molecule has 25 heavy (non-hydrogen) atoms. The van der Waals surface area contributed by atoms with Gasteiger partial charge in [0.05, 0.1) is 10.1 Å². The highest BCUT2D eigenvalue weighted by atomic mass is 32.2. The minimum atomic E-state index is -0.0929. The number of rotatable bonds is 5. The molecule has 4 rings (SSSR count). The van der Waals surface area contributed by atoms with Crippen molar-refractivity contribution in [1.29, 1.82) is 0 Å². The molecule has 6 nitrogen and oxygen atoms in total. The smallest absolute Gasteiger partial charge is 0.236 e. The van der Waals surface area contributed by atoms with Crippen LogP contribution in [0, 0.1) is 0 Å². The SMILES string of the molecule is CCC(Sc1ccc2nnc(-c3cccs3)n2n1)C(=O)N1CCCC1. The molecule has 0 N–H and O–H groups in total. The van der Waals surface area contributed by atoms with E-state index >= 15 is 0 Å². The maximum atomic E-state index is 12.7. The molecule has 4 heterocycles. The summed E-state index contributed by atoms with van der Waals surface area (Å²) in [6.07, 6.45) is 3.02. The molecule has 0 aliphatic carbocycles. The Balaban J connectivity index is 1.60. The lowest BCUT2D eigenvalue weighted by Gasteiger charge is -2.21. The fourth-order valence-electron chi connectivity index (χ4n) is 2.99. The van der Waals surface area contributed by atoms with Crippen LogP contribution in [0.2, 0.25) is 0 Å². The van der Waals surface area contributed by atoms with Crippen molar-refractivity contribution >= 4 is 34.7 Å². The summed E-state index contributed by atoms with van der Waals surface area (Å²) < 4.78 is 1.77. The highest BCUT2D eigenvalue weighted by molar-refractivity contribution is 8.00. The average Bonchev–Trinajstić information content (AvgIpc) is 3.39. The molecule has 1 aliphatic heterocycles. The second-order valence-electron chi connectivity index (χ2n) is 5.99. The highest BCUT2D eigenvalue weighted by Gasteiger charge is 2.26. The van der Waals surface area contributed by atoms with E-state index in [1.54, 1.807) is 15.9 Å². The molecule has 1 amide bonds. The van der Waals surface area contributed by atoms with Crippen LogP contribution in [0.3, 0.4) is 0 Å². The molecule has 0 bridgehead atoms. The summed E-state index contributed by atoms with van der Waals surface area (Å²) in [5.41, 5.74) is 0.715. The quantitative estimate of drug-likeness (QED) is 0.642. The second-order valence-corrected chi connectivity index (χ2v) is 8.16.